The Morgan fingerprint density at radius 2 is 2.44 bits per heavy atom. The molecule has 9 heavy (non-hydrogen) atoms. The Hall–Kier alpha value is -0.845. The fraction of sp³-hybridized carbons (Fsp3) is 0.125. The van der Waals surface area contributed by atoms with Crippen molar-refractivity contribution in [1.29, 1.82) is 0 Å². The van der Waals surface area contributed by atoms with Gasteiger partial charge in [0.2, 0.25) is 0 Å². The molecule has 1 aromatic heterocycles. The van der Waals surface area contributed by atoms with Crippen LogP contribution in [0.25, 0.3) is 6.08 Å². The van der Waals surface area contributed by atoms with Crippen molar-refractivity contribution < 1.29 is 0 Å². The SMILES string of the molecule is C/C=C/c1cbccc1. The number of rotatable bonds is 1. The first-order valence-corrected chi connectivity index (χ1v) is 3.11. The van der Waals surface area contributed by atoms with E-state index in [9.17, 15) is 0 Å². The zero-order valence-corrected chi connectivity index (χ0v) is 5.54. The third kappa shape index (κ3) is 1.84. The Labute approximate surface area is 56.4 Å². The summed E-state index contributed by atoms with van der Waals surface area (Å²) >= 11 is 0. The molecule has 0 bridgehead atoms. The van der Waals surface area contributed by atoms with Crippen molar-refractivity contribution in [3.8, 4) is 0 Å². The molecule has 0 saturated heterocycles. The minimum atomic E-state index is 1.26. The molecule has 0 aromatic carbocycles. The summed E-state index contributed by atoms with van der Waals surface area (Å²) in [6, 6.07) is 4.12. The van der Waals surface area contributed by atoms with Gasteiger partial charge in [0.1, 0.15) is 0 Å². The van der Waals surface area contributed by atoms with Crippen molar-refractivity contribution in [2.45, 2.75) is 6.92 Å². The fourth-order valence-corrected chi connectivity index (χ4v) is 0.757. The van der Waals surface area contributed by atoms with Gasteiger partial charge in [-0.3, -0.25) is 0 Å². The van der Waals surface area contributed by atoms with E-state index >= 15 is 0 Å². The molecule has 0 atom stereocenters. The summed E-state index contributed by atoms with van der Waals surface area (Å²) in [5.41, 5.74) is 1.26. The Morgan fingerprint density at radius 1 is 1.56 bits per heavy atom. The zero-order valence-electron chi connectivity index (χ0n) is 5.54. The maximum absolute atomic E-state index is 2.08. The van der Waals surface area contributed by atoms with Gasteiger partial charge in [0.05, 0.1) is 0 Å². The Balaban J connectivity index is 2.85. The van der Waals surface area contributed by atoms with Crippen molar-refractivity contribution in [3.63, 3.8) is 0 Å². The van der Waals surface area contributed by atoms with Gasteiger partial charge in [-0.2, -0.15) is 0 Å². The maximum atomic E-state index is 2.08. The van der Waals surface area contributed by atoms with Gasteiger partial charge in [-0.1, -0.05) is 0 Å². The van der Waals surface area contributed by atoms with E-state index in [0.29, 0.717) is 0 Å². The van der Waals surface area contributed by atoms with Gasteiger partial charge < -0.3 is 0 Å². The van der Waals surface area contributed by atoms with Crippen LogP contribution in [0.2, 0.25) is 0 Å². The number of hydrogen-bond donors (Lipinski definition) is 0. The van der Waals surface area contributed by atoms with Crippen LogP contribution in [-0.4, -0.2) is 6.91 Å². The first-order valence-electron chi connectivity index (χ1n) is 3.11. The van der Waals surface area contributed by atoms with Crippen molar-refractivity contribution in [2.24, 2.45) is 0 Å². The molecule has 0 saturated carbocycles. The molecule has 1 heteroatoms. The first kappa shape index (κ1) is 6.28. The van der Waals surface area contributed by atoms with E-state index < -0.39 is 0 Å². The van der Waals surface area contributed by atoms with Gasteiger partial charge in [-0.05, 0) is 0 Å². The summed E-state index contributed by atoms with van der Waals surface area (Å²) in [6.07, 6.45) is 4.12. The van der Waals surface area contributed by atoms with Crippen molar-refractivity contribution in [3.05, 3.63) is 35.7 Å². The molecule has 0 spiro atoms. The summed E-state index contributed by atoms with van der Waals surface area (Å²) in [5.74, 6) is 4.10. The van der Waals surface area contributed by atoms with Crippen LogP contribution in [0.3, 0.4) is 0 Å². The van der Waals surface area contributed by atoms with Gasteiger partial charge in [-0.15, -0.1) is 0 Å². The standard InChI is InChI=1S/C8H9B/c1-2-4-8-5-3-6-9-7-8/h2-7H,1H3/b4-2+. The first-order chi connectivity index (χ1) is 4.43. The van der Waals surface area contributed by atoms with Crippen molar-refractivity contribution in [2.75, 3.05) is 0 Å². The number of hydrogen-bond acceptors (Lipinski definition) is 0. The van der Waals surface area contributed by atoms with Gasteiger partial charge in [0, 0.05) is 0 Å². The second-order valence-corrected chi connectivity index (χ2v) is 1.91. The summed E-state index contributed by atoms with van der Waals surface area (Å²) in [6.45, 7) is 4.06. The molecule has 0 nitrogen and oxygen atoms in total. The van der Waals surface area contributed by atoms with Crippen LogP contribution in [0.15, 0.2) is 30.1 Å². The number of allylic oxidation sites excluding steroid dienone is 1. The quantitative estimate of drug-likeness (QED) is 0.526. The van der Waals surface area contributed by atoms with Crippen LogP contribution in [0, 0.1) is 0 Å². The van der Waals surface area contributed by atoms with Crippen LogP contribution in [0.4, 0.5) is 0 Å². The summed E-state index contributed by atoms with van der Waals surface area (Å²) in [7, 11) is 0. The molecule has 0 fully saturated rings. The summed E-state index contributed by atoms with van der Waals surface area (Å²) in [5, 5.41) is 0. The molecule has 1 aromatic rings. The van der Waals surface area contributed by atoms with E-state index in [4.69, 9.17) is 0 Å². The molecule has 0 amide bonds. The predicted octanol–water partition coefficient (Wildman–Crippen LogP) is 2.06. The van der Waals surface area contributed by atoms with Gasteiger partial charge >= 0.3 is 55.6 Å². The molecule has 0 aliphatic rings. The normalized spacial score (nSPS) is 9.89. The molecular formula is C8H9B. The van der Waals surface area contributed by atoms with Crippen molar-refractivity contribution >= 4 is 13.0 Å². The average molecular weight is 116 g/mol. The molecule has 0 aliphatic carbocycles. The van der Waals surface area contributed by atoms with E-state index in [1.807, 2.05) is 31.9 Å². The molecule has 1 heterocycles. The second-order valence-electron chi connectivity index (χ2n) is 1.91. The third-order valence-corrected chi connectivity index (χ3v) is 1.16. The van der Waals surface area contributed by atoms with E-state index in [-0.39, 0.29) is 0 Å². The van der Waals surface area contributed by atoms with Crippen LogP contribution >= 0.6 is 0 Å². The van der Waals surface area contributed by atoms with Crippen LogP contribution in [0.5, 0.6) is 0 Å². The van der Waals surface area contributed by atoms with Crippen molar-refractivity contribution in [1.82, 2.24) is 0 Å². The summed E-state index contributed by atoms with van der Waals surface area (Å²) < 4.78 is 0. The van der Waals surface area contributed by atoms with Crippen LogP contribution in [-0.2, 0) is 0 Å². The van der Waals surface area contributed by atoms with E-state index in [0.717, 1.165) is 0 Å². The molecule has 44 valence electrons. The Morgan fingerprint density at radius 3 is 3.00 bits per heavy atom. The van der Waals surface area contributed by atoms with Gasteiger partial charge in [0.15, 0.2) is 0 Å². The molecule has 0 radical (unpaired) electrons. The predicted molar refractivity (Wildman–Crippen MR) is 42.5 cm³/mol. The molecule has 0 aliphatic heterocycles. The molecule has 1 rings (SSSR count). The molecule has 0 unspecified atom stereocenters. The fourth-order valence-electron chi connectivity index (χ4n) is 0.757. The van der Waals surface area contributed by atoms with Gasteiger partial charge in [0.25, 0.3) is 0 Å². The Kier molecular flexibility index (Phi) is 2.26. The molecular weight excluding hydrogens is 107 g/mol. The zero-order chi connectivity index (χ0) is 6.53. The summed E-state index contributed by atoms with van der Waals surface area (Å²) in [4.78, 5) is 0. The molecule has 0 N–H and O–H groups in total. The minimum absolute atomic E-state index is 1.26. The Bertz CT molecular complexity index is 189. The third-order valence-electron chi connectivity index (χ3n) is 1.16. The second kappa shape index (κ2) is 3.23. The van der Waals surface area contributed by atoms with E-state index in [2.05, 4.69) is 18.1 Å². The van der Waals surface area contributed by atoms with Gasteiger partial charge in [-0.25, -0.2) is 0 Å². The van der Waals surface area contributed by atoms with E-state index in [1.54, 1.807) is 0 Å². The topological polar surface area (TPSA) is 0 Å². The average Bonchev–Trinajstić information content (AvgIpc) is 1.91. The van der Waals surface area contributed by atoms with Crippen LogP contribution in [0.1, 0.15) is 12.5 Å². The van der Waals surface area contributed by atoms with E-state index in [1.165, 1.54) is 5.56 Å². The van der Waals surface area contributed by atoms with Crippen LogP contribution < -0.4 is 0 Å². The monoisotopic (exact) mass is 116 g/mol.